The van der Waals surface area contributed by atoms with Crippen LogP contribution in [-0.4, -0.2) is 41.3 Å². The summed E-state index contributed by atoms with van der Waals surface area (Å²) in [4.78, 5) is 17.7. The molecular formula is C22H29BrN2O. The number of carbonyl (C=O) groups excluding carboxylic acids is 1. The number of benzene rings is 1. The lowest BCUT2D eigenvalue weighted by atomic mass is 9.48. The highest BCUT2D eigenvalue weighted by Gasteiger charge is 2.57. The number of piperazine rings is 1. The Labute approximate surface area is 165 Å². The summed E-state index contributed by atoms with van der Waals surface area (Å²) in [7, 11) is 0. The number of amides is 1. The molecule has 4 aliphatic carbocycles. The number of para-hydroxylation sites is 1. The van der Waals surface area contributed by atoms with Gasteiger partial charge < -0.3 is 9.80 Å². The van der Waals surface area contributed by atoms with E-state index >= 15 is 0 Å². The molecule has 6 rings (SSSR count). The summed E-state index contributed by atoms with van der Waals surface area (Å²) in [6.07, 6.45) is 8.71. The smallest absolute Gasteiger partial charge is 0.223 e. The molecule has 1 heterocycles. The summed E-state index contributed by atoms with van der Waals surface area (Å²) >= 11 is 4.08. The largest absolute Gasteiger partial charge is 0.368 e. The minimum absolute atomic E-state index is 0.293. The van der Waals surface area contributed by atoms with E-state index in [0.29, 0.717) is 15.6 Å². The Morgan fingerprint density at radius 3 is 2.27 bits per heavy atom. The van der Waals surface area contributed by atoms with Crippen molar-refractivity contribution < 1.29 is 4.79 Å². The lowest BCUT2D eigenvalue weighted by Gasteiger charge is -2.60. The van der Waals surface area contributed by atoms with E-state index in [1.54, 1.807) is 0 Å². The van der Waals surface area contributed by atoms with E-state index in [1.807, 2.05) is 0 Å². The molecule has 1 aromatic rings. The monoisotopic (exact) mass is 416 g/mol. The molecule has 140 valence electrons. The second-order valence-electron chi connectivity index (χ2n) is 9.49. The van der Waals surface area contributed by atoms with Crippen molar-refractivity contribution in [1.82, 2.24) is 4.90 Å². The van der Waals surface area contributed by atoms with E-state index in [1.165, 1.54) is 44.2 Å². The maximum atomic E-state index is 13.1. The van der Waals surface area contributed by atoms with E-state index in [2.05, 4.69) is 56.1 Å². The van der Waals surface area contributed by atoms with Crippen LogP contribution in [0.1, 0.15) is 44.9 Å². The first-order chi connectivity index (χ1) is 12.5. The Morgan fingerprint density at radius 2 is 1.65 bits per heavy atom. The number of hydrogen-bond acceptors (Lipinski definition) is 2. The molecule has 0 aromatic heterocycles. The number of hydrogen-bond donors (Lipinski definition) is 0. The first-order valence-electron chi connectivity index (χ1n) is 10.3. The van der Waals surface area contributed by atoms with Crippen LogP contribution in [0.2, 0.25) is 0 Å². The zero-order chi connectivity index (χ0) is 17.8. The maximum absolute atomic E-state index is 13.1. The van der Waals surface area contributed by atoms with Crippen LogP contribution in [0.4, 0.5) is 5.69 Å². The zero-order valence-electron chi connectivity index (χ0n) is 15.5. The Bertz CT molecular complexity index is 669. The second kappa shape index (κ2) is 6.25. The quantitative estimate of drug-likeness (QED) is 0.678. The number of nitrogens with zero attached hydrogens (tertiary/aromatic N) is 2. The van der Waals surface area contributed by atoms with Gasteiger partial charge in [-0.15, -0.1) is 0 Å². The second-order valence-corrected chi connectivity index (χ2v) is 11.2. The van der Waals surface area contributed by atoms with Crippen LogP contribution < -0.4 is 4.90 Å². The van der Waals surface area contributed by atoms with Crippen molar-refractivity contribution in [3.8, 4) is 0 Å². The summed E-state index contributed by atoms with van der Waals surface area (Å²) in [6.45, 7) is 3.65. The Hall–Kier alpha value is -1.03. The van der Waals surface area contributed by atoms with Crippen molar-refractivity contribution >= 4 is 27.5 Å². The third-order valence-electron chi connectivity index (χ3n) is 7.39. The Morgan fingerprint density at radius 1 is 1.00 bits per heavy atom. The van der Waals surface area contributed by atoms with E-state index in [0.717, 1.165) is 44.4 Å². The van der Waals surface area contributed by atoms with Crippen molar-refractivity contribution in [3.63, 3.8) is 0 Å². The van der Waals surface area contributed by atoms with Crippen LogP contribution in [0.25, 0.3) is 0 Å². The van der Waals surface area contributed by atoms with Gasteiger partial charge in [0.15, 0.2) is 0 Å². The van der Waals surface area contributed by atoms with Crippen molar-refractivity contribution in [3.05, 3.63) is 30.3 Å². The summed E-state index contributed by atoms with van der Waals surface area (Å²) in [6, 6.07) is 10.6. The fourth-order valence-electron chi connectivity index (χ4n) is 6.83. The van der Waals surface area contributed by atoms with Crippen LogP contribution in [0.15, 0.2) is 30.3 Å². The van der Waals surface area contributed by atoms with E-state index < -0.39 is 0 Å². The van der Waals surface area contributed by atoms with Gasteiger partial charge in [0.05, 0.1) is 0 Å². The lowest BCUT2D eigenvalue weighted by Crippen LogP contribution is -2.55. The molecule has 2 unspecified atom stereocenters. The number of halogens is 1. The predicted octanol–water partition coefficient (Wildman–Crippen LogP) is 4.46. The fraction of sp³-hybridized carbons (Fsp3) is 0.682. The van der Waals surface area contributed by atoms with E-state index in [9.17, 15) is 4.79 Å². The molecule has 0 N–H and O–H groups in total. The van der Waals surface area contributed by atoms with Gasteiger partial charge in [0.25, 0.3) is 0 Å². The van der Waals surface area contributed by atoms with Gasteiger partial charge in [0, 0.05) is 42.6 Å². The summed E-state index contributed by atoms with van der Waals surface area (Å²) in [5.41, 5.74) is 1.57. The minimum atomic E-state index is 0.293. The van der Waals surface area contributed by atoms with Gasteiger partial charge in [-0.05, 0) is 67.9 Å². The van der Waals surface area contributed by atoms with Crippen LogP contribution in [0.5, 0.6) is 0 Å². The molecule has 1 aromatic carbocycles. The third-order valence-corrected chi connectivity index (χ3v) is 8.32. The molecule has 5 aliphatic rings. The molecule has 1 amide bonds. The van der Waals surface area contributed by atoms with Crippen LogP contribution in [0, 0.1) is 17.3 Å². The number of alkyl halides is 1. The fourth-order valence-corrected chi connectivity index (χ4v) is 8.34. The maximum Gasteiger partial charge on any atom is 0.223 e. The summed E-state index contributed by atoms with van der Waals surface area (Å²) < 4.78 is 0.351. The van der Waals surface area contributed by atoms with Crippen LogP contribution >= 0.6 is 15.9 Å². The molecule has 1 saturated heterocycles. The molecule has 4 saturated carbocycles. The third kappa shape index (κ3) is 3.08. The average molecular weight is 417 g/mol. The number of carbonyl (C=O) groups is 1. The molecule has 4 heteroatoms. The van der Waals surface area contributed by atoms with Gasteiger partial charge in [-0.25, -0.2) is 0 Å². The van der Waals surface area contributed by atoms with Crippen LogP contribution in [-0.2, 0) is 4.79 Å². The average Bonchev–Trinajstić information content (AvgIpc) is 2.60. The molecule has 26 heavy (non-hydrogen) atoms. The number of anilines is 1. The van der Waals surface area contributed by atoms with Gasteiger partial charge in [-0.2, -0.15) is 0 Å². The molecular weight excluding hydrogens is 388 g/mol. The van der Waals surface area contributed by atoms with Gasteiger partial charge in [-0.3, -0.25) is 4.79 Å². The first-order valence-corrected chi connectivity index (χ1v) is 11.1. The summed E-state index contributed by atoms with van der Waals surface area (Å²) in [5.74, 6) is 2.13. The Kier molecular flexibility index (Phi) is 4.11. The highest BCUT2D eigenvalue weighted by molar-refractivity contribution is 9.10. The molecule has 3 nitrogen and oxygen atoms in total. The van der Waals surface area contributed by atoms with E-state index in [-0.39, 0.29) is 0 Å². The molecule has 5 fully saturated rings. The summed E-state index contributed by atoms with van der Waals surface area (Å²) in [5, 5.41) is 0. The minimum Gasteiger partial charge on any atom is -0.368 e. The SMILES string of the molecule is O=C(CC12C[C@@H]3C[C@@H](CC(Br)(C3)C1)C2)N1CCN(c2ccccc2)CC1. The molecule has 4 atom stereocenters. The predicted molar refractivity (Wildman–Crippen MR) is 109 cm³/mol. The molecule has 0 spiro atoms. The molecule has 1 aliphatic heterocycles. The normalized spacial score (nSPS) is 38.7. The van der Waals surface area contributed by atoms with Gasteiger partial charge in [-0.1, -0.05) is 34.1 Å². The van der Waals surface area contributed by atoms with Gasteiger partial charge >= 0.3 is 0 Å². The standard InChI is InChI=1S/C22H29BrN2O/c23-22-13-17-10-18(14-22)12-21(11-17,16-22)15-20(26)25-8-6-24(7-9-25)19-4-2-1-3-5-19/h1-5,17-18H,6-16H2/t17-,18+,21?,22?. The van der Waals surface area contributed by atoms with Crippen molar-refractivity contribution in [2.45, 2.75) is 49.3 Å². The number of rotatable bonds is 3. The van der Waals surface area contributed by atoms with Gasteiger partial charge in [0.1, 0.15) is 0 Å². The molecule has 4 bridgehead atoms. The molecule has 0 radical (unpaired) electrons. The highest BCUT2D eigenvalue weighted by Crippen LogP contribution is 2.65. The lowest BCUT2D eigenvalue weighted by molar-refractivity contribution is -0.138. The topological polar surface area (TPSA) is 23.6 Å². The first kappa shape index (κ1) is 17.1. The van der Waals surface area contributed by atoms with Gasteiger partial charge in [0.2, 0.25) is 5.91 Å². The highest BCUT2D eigenvalue weighted by atomic mass is 79.9. The van der Waals surface area contributed by atoms with Crippen molar-refractivity contribution in [2.24, 2.45) is 17.3 Å². The van der Waals surface area contributed by atoms with Crippen LogP contribution in [0.3, 0.4) is 0 Å². The van der Waals surface area contributed by atoms with Crippen molar-refractivity contribution in [1.29, 1.82) is 0 Å². The Balaban J connectivity index is 1.22. The zero-order valence-corrected chi connectivity index (χ0v) is 17.1. The van der Waals surface area contributed by atoms with E-state index in [4.69, 9.17) is 0 Å². The van der Waals surface area contributed by atoms with Crippen molar-refractivity contribution in [2.75, 3.05) is 31.1 Å².